The van der Waals surface area contributed by atoms with Crippen molar-refractivity contribution < 1.29 is 19.1 Å². The van der Waals surface area contributed by atoms with Gasteiger partial charge in [-0.15, -0.1) is 0 Å². The summed E-state index contributed by atoms with van der Waals surface area (Å²) in [6, 6.07) is -0.608. The Kier molecular flexibility index (Phi) is 20.5. The number of alkyl carbamates (subject to hydrolysis) is 1. The standard InChI is InChI=1S/C24H47NO4/c1-4-6-7-8-9-10-11-12-13-14-15-16-17-18-19-21-29-23(26)22(20-5-2)25-24(27)28-3/h22H,4-21H2,1-3H3,(H,25,27). The molecule has 5 heteroatoms. The molecule has 0 bridgehead atoms. The predicted octanol–water partition coefficient (Wildman–Crippen LogP) is 6.93. The lowest BCUT2D eigenvalue weighted by molar-refractivity contribution is -0.146. The lowest BCUT2D eigenvalue weighted by atomic mass is 10.0. The Morgan fingerprint density at radius 2 is 1.14 bits per heavy atom. The van der Waals surface area contributed by atoms with Gasteiger partial charge in [0.05, 0.1) is 13.7 Å². The number of amides is 1. The molecule has 1 amide bonds. The fraction of sp³-hybridized carbons (Fsp3) is 0.917. The van der Waals surface area contributed by atoms with Crippen LogP contribution in [-0.2, 0) is 14.3 Å². The van der Waals surface area contributed by atoms with Crippen molar-refractivity contribution in [3.8, 4) is 0 Å². The Bertz CT molecular complexity index is 387. The molecule has 0 aliphatic rings. The number of methoxy groups -OCH3 is 1. The molecule has 0 aromatic rings. The van der Waals surface area contributed by atoms with Crippen molar-refractivity contribution in [2.24, 2.45) is 0 Å². The Balaban J connectivity index is 3.43. The van der Waals surface area contributed by atoms with Crippen LogP contribution in [0.4, 0.5) is 4.79 Å². The van der Waals surface area contributed by atoms with E-state index in [-0.39, 0.29) is 5.97 Å². The minimum atomic E-state index is -0.608. The maximum Gasteiger partial charge on any atom is 0.407 e. The van der Waals surface area contributed by atoms with E-state index >= 15 is 0 Å². The molecule has 5 nitrogen and oxygen atoms in total. The maximum atomic E-state index is 12.0. The van der Waals surface area contributed by atoms with Crippen molar-refractivity contribution in [3.63, 3.8) is 0 Å². The van der Waals surface area contributed by atoms with Gasteiger partial charge in [0.25, 0.3) is 0 Å². The van der Waals surface area contributed by atoms with Crippen LogP contribution in [0.2, 0.25) is 0 Å². The van der Waals surface area contributed by atoms with Crippen molar-refractivity contribution in [2.45, 2.75) is 129 Å². The normalized spacial score (nSPS) is 11.8. The number of esters is 1. The number of carbonyl (C=O) groups excluding carboxylic acids is 2. The van der Waals surface area contributed by atoms with Crippen molar-refractivity contribution in [3.05, 3.63) is 0 Å². The molecule has 0 saturated heterocycles. The minimum absolute atomic E-state index is 0.359. The SMILES string of the molecule is CCCCCCCCCCCCCCCCCOC(=O)C(CCC)NC(=O)OC. The molecule has 0 fully saturated rings. The zero-order valence-electron chi connectivity index (χ0n) is 19.4. The largest absolute Gasteiger partial charge is 0.464 e. The summed E-state index contributed by atoms with van der Waals surface area (Å²) in [6.45, 7) is 4.67. The van der Waals surface area contributed by atoms with Crippen LogP contribution in [0.5, 0.6) is 0 Å². The topological polar surface area (TPSA) is 64.6 Å². The highest BCUT2D eigenvalue weighted by molar-refractivity contribution is 5.81. The first-order chi connectivity index (χ1) is 14.2. The van der Waals surface area contributed by atoms with E-state index in [4.69, 9.17) is 4.74 Å². The average molecular weight is 414 g/mol. The molecule has 0 aromatic carbocycles. The van der Waals surface area contributed by atoms with Gasteiger partial charge in [0, 0.05) is 0 Å². The number of carbonyl (C=O) groups is 2. The Morgan fingerprint density at radius 3 is 1.55 bits per heavy atom. The van der Waals surface area contributed by atoms with Crippen LogP contribution in [0, 0.1) is 0 Å². The third kappa shape index (κ3) is 18.5. The Morgan fingerprint density at radius 1 is 0.690 bits per heavy atom. The summed E-state index contributed by atoms with van der Waals surface area (Å²) >= 11 is 0. The maximum absolute atomic E-state index is 12.0. The van der Waals surface area contributed by atoms with Crippen molar-refractivity contribution in [1.82, 2.24) is 5.32 Å². The average Bonchev–Trinajstić information content (AvgIpc) is 2.72. The van der Waals surface area contributed by atoms with Crippen LogP contribution in [-0.4, -0.2) is 31.8 Å². The molecule has 29 heavy (non-hydrogen) atoms. The number of ether oxygens (including phenoxy) is 2. The van der Waals surface area contributed by atoms with Gasteiger partial charge >= 0.3 is 12.1 Å². The highest BCUT2D eigenvalue weighted by Crippen LogP contribution is 2.13. The van der Waals surface area contributed by atoms with Gasteiger partial charge < -0.3 is 14.8 Å². The molecule has 0 radical (unpaired) electrons. The molecule has 0 rings (SSSR count). The van der Waals surface area contributed by atoms with Crippen molar-refractivity contribution in [2.75, 3.05) is 13.7 Å². The molecular formula is C24H47NO4. The van der Waals surface area contributed by atoms with Crippen LogP contribution >= 0.6 is 0 Å². The first-order valence-corrected chi connectivity index (χ1v) is 12.2. The van der Waals surface area contributed by atoms with Crippen LogP contribution in [0.25, 0.3) is 0 Å². The molecule has 0 aromatic heterocycles. The molecule has 0 aliphatic carbocycles. The summed E-state index contributed by atoms with van der Waals surface area (Å²) in [5, 5.41) is 2.54. The van der Waals surface area contributed by atoms with E-state index < -0.39 is 12.1 Å². The number of nitrogens with one attached hydrogen (secondary N) is 1. The molecule has 172 valence electrons. The van der Waals surface area contributed by atoms with Crippen molar-refractivity contribution in [1.29, 1.82) is 0 Å². The number of rotatable bonds is 20. The van der Waals surface area contributed by atoms with Crippen molar-refractivity contribution >= 4 is 12.1 Å². The summed E-state index contributed by atoms with van der Waals surface area (Å²) in [4.78, 5) is 23.3. The molecule has 1 N–H and O–H groups in total. The van der Waals surface area contributed by atoms with Crippen LogP contribution < -0.4 is 5.32 Å². The van der Waals surface area contributed by atoms with Crippen LogP contribution in [0.15, 0.2) is 0 Å². The summed E-state index contributed by atoms with van der Waals surface area (Å²) in [6.07, 6.45) is 20.5. The van der Waals surface area contributed by atoms with E-state index in [2.05, 4.69) is 17.0 Å². The van der Waals surface area contributed by atoms with E-state index in [0.717, 1.165) is 19.3 Å². The summed E-state index contributed by atoms with van der Waals surface area (Å²) in [7, 11) is 1.29. The lowest BCUT2D eigenvalue weighted by Crippen LogP contribution is -2.41. The molecule has 0 saturated carbocycles. The first kappa shape index (κ1) is 27.7. The molecule has 1 unspecified atom stereocenters. The van der Waals surface area contributed by atoms with Gasteiger partial charge in [-0.3, -0.25) is 0 Å². The number of hydrogen-bond donors (Lipinski definition) is 1. The predicted molar refractivity (Wildman–Crippen MR) is 120 cm³/mol. The van der Waals surface area contributed by atoms with Gasteiger partial charge in [-0.2, -0.15) is 0 Å². The van der Waals surface area contributed by atoms with Crippen LogP contribution in [0.1, 0.15) is 123 Å². The molecule has 0 aliphatic heterocycles. The summed E-state index contributed by atoms with van der Waals surface area (Å²) in [5.41, 5.74) is 0. The number of unbranched alkanes of at least 4 members (excludes halogenated alkanes) is 14. The molecular weight excluding hydrogens is 366 g/mol. The molecule has 0 spiro atoms. The van der Waals surface area contributed by atoms with E-state index in [1.165, 1.54) is 90.6 Å². The van der Waals surface area contributed by atoms with Gasteiger partial charge in [-0.1, -0.05) is 110 Å². The number of hydrogen-bond acceptors (Lipinski definition) is 4. The quantitative estimate of drug-likeness (QED) is 0.174. The molecule has 0 heterocycles. The monoisotopic (exact) mass is 413 g/mol. The smallest absolute Gasteiger partial charge is 0.407 e. The summed E-state index contributed by atoms with van der Waals surface area (Å²) in [5.74, 6) is -0.359. The second-order valence-electron chi connectivity index (χ2n) is 8.09. The fourth-order valence-electron chi connectivity index (χ4n) is 3.49. The zero-order valence-corrected chi connectivity index (χ0v) is 19.4. The van der Waals surface area contributed by atoms with Crippen LogP contribution in [0.3, 0.4) is 0 Å². The van der Waals surface area contributed by atoms with E-state index in [1.807, 2.05) is 6.92 Å². The van der Waals surface area contributed by atoms with E-state index in [1.54, 1.807) is 0 Å². The van der Waals surface area contributed by atoms with E-state index in [9.17, 15) is 9.59 Å². The zero-order chi connectivity index (χ0) is 21.6. The third-order valence-electron chi connectivity index (χ3n) is 5.33. The van der Waals surface area contributed by atoms with Gasteiger partial charge in [0.15, 0.2) is 0 Å². The highest BCUT2D eigenvalue weighted by atomic mass is 16.5. The lowest BCUT2D eigenvalue weighted by Gasteiger charge is -2.16. The Hall–Kier alpha value is -1.26. The first-order valence-electron chi connectivity index (χ1n) is 12.2. The molecule has 1 atom stereocenters. The fourth-order valence-corrected chi connectivity index (χ4v) is 3.49. The van der Waals surface area contributed by atoms with Gasteiger partial charge in [-0.25, -0.2) is 9.59 Å². The van der Waals surface area contributed by atoms with E-state index in [0.29, 0.717) is 13.0 Å². The van der Waals surface area contributed by atoms with Gasteiger partial charge in [0.1, 0.15) is 6.04 Å². The minimum Gasteiger partial charge on any atom is -0.464 e. The van der Waals surface area contributed by atoms with Gasteiger partial charge in [0.2, 0.25) is 0 Å². The highest BCUT2D eigenvalue weighted by Gasteiger charge is 2.21. The third-order valence-corrected chi connectivity index (χ3v) is 5.33. The van der Waals surface area contributed by atoms with Gasteiger partial charge in [-0.05, 0) is 12.8 Å². The second kappa shape index (κ2) is 21.4. The second-order valence-corrected chi connectivity index (χ2v) is 8.09. The summed E-state index contributed by atoms with van der Waals surface area (Å²) < 4.78 is 9.86. The Labute approximate surface area is 179 Å².